The van der Waals surface area contributed by atoms with Gasteiger partial charge in [0.1, 0.15) is 0 Å². The zero-order valence-corrected chi connectivity index (χ0v) is 12.5. The number of imide groups is 1. The molecule has 1 saturated carbocycles. The first kappa shape index (κ1) is 14.8. The molecular formula is C17H19NO4. The lowest BCUT2D eigenvalue weighted by molar-refractivity contribution is -0.127. The first-order valence-corrected chi connectivity index (χ1v) is 7.64. The van der Waals surface area contributed by atoms with Crippen molar-refractivity contribution in [1.82, 2.24) is 0 Å². The molecule has 0 aromatic heterocycles. The van der Waals surface area contributed by atoms with Crippen LogP contribution in [-0.2, 0) is 9.59 Å². The topological polar surface area (TPSA) is 74.7 Å². The molecule has 0 unspecified atom stereocenters. The number of hydrogen-bond acceptors (Lipinski definition) is 3. The van der Waals surface area contributed by atoms with Crippen LogP contribution >= 0.6 is 0 Å². The molecule has 22 heavy (non-hydrogen) atoms. The second kappa shape index (κ2) is 5.23. The molecule has 1 spiro atoms. The summed E-state index contributed by atoms with van der Waals surface area (Å²) in [5.74, 6) is -0.712. The monoisotopic (exact) mass is 301 g/mol. The van der Waals surface area contributed by atoms with Gasteiger partial charge < -0.3 is 5.11 Å². The number of hydrogen-bond donors (Lipinski definition) is 1. The number of carboxylic acid groups (broad SMARTS) is 1. The number of benzene rings is 1. The van der Waals surface area contributed by atoms with Gasteiger partial charge in [-0.2, -0.15) is 0 Å². The average molecular weight is 301 g/mol. The van der Waals surface area contributed by atoms with E-state index in [4.69, 9.17) is 5.11 Å². The highest BCUT2D eigenvalue weighted by Gasteiger charge is 2.52. The largest absolute Gasteiger partial charge is 0.478 e. The van der Waals surface area contributed by atoms with Crippen molar-refractivity contribution in [2.24, 2.45) is 11.3 Å². The number of carbonyl (C=O) groups is 3. The predicted octanol–water partition coefficient (Wildman–Crippen LogP) is 2.84. The zero-order chi connectivity index (χ0) is 15.9. The number of nitrogens with zero attached hydrogens (tertiary/aromatic N) is 1. The number of rotatable bonds is 2. The molecule has 1 aromatic rings. The van der Waals surface area contributed by atoms with Gasteiger partial charge in [0.15, 0.2) is 0 Å². The van der Waals surface area contributed by atoms with Crippen LogP contribution in [0.1, 0.15) is 49.4 Å². The van der Waals surface area contributed by atoms with Crippen molar-refractivity contribution in [2.75, 3.05) is 4.90 Å². The first-order valence-electron chi connectivity index (χ1n) is 7.64. The predicted molar refractivity (Wildman–Crippen MR) is 80.6 cm³/mol. The second-order valence-corrected chi connectivity index (χ2v) is 6.53. The van der Waals surface area contributed by atoms with Gasteiger partial charge >= 0.3 is 5.97 Å². The minimum absolute atomic E-state index is 0.118. The summed E-state index contributed by atoms with van der Waals surface area (Å²) in [6.45, 7) is 2.18. The molecule has 2 aliphatic rings. The van der Waals surface area contributed by atoms with Crippen LogP contribution in [0.5, 0.6) is 0 Å². The van der Waals surface area contributed by atoms with E-state index < -0.39 is 11.4 Å². The molecule has 1 N–H and O–H groups in total. The third-order valence-electron chi connectivity index (χ3n) is 5.00. The summed E-state index contributed by atoms with van der Waals surface area (Å²) in [5, 5.41) is 8.92. The summed E-state index contributed by atoms with van der Waals surface area (Å²) in [4.78, 5) is 37.3. The van der Waals surface area contributed by atoms with Crippen LogP contribution in [0.15, 0.2) is 24.3 Å². The molecule has 3 rings (SSSR count). The van der Waals surface area contributed by atoms with Crippen molar-refractivity contribution in [3.8, 4) is 0 Å². The van der Waals surface area contributed by atoms with Crippen LogP contribution < -0.4 is 4.90 Å². The maximum atomic E-state index is 12.8. The number of aromatic carboxylic acids is 1. The summed E-state index contributed by atoms with van der Waals surface area (Å²) < 4.78 is 0. The van der Waals surface area contributed by atoms with E-state index in [1.807, 2.05) is 0 Å². The van der Waals surface area contributed by atoms with Crippen LogP contribution in [0.3, 0.4) is 0 Å². The number of anilines is 1. The normalized spacial score (nSPS) is 28.4. The lowest BCUT2D eigenvalue weighted by Gasteiger charge is -2.33. The SMILES string of the molecule is CC1CCC2(CC1)CC(=O)N(c1ccc(C(=O)O)cc1)C2=O. The lowest BCUT2D eigenvalue weighted by atomic mass is 9.70. The van der Waals surface area contributed by atoms with Gasteiger partial charge in [-0.3, -0.25) is 14.5 Å². The molecule has 0 atom stereocenters. The molecule has 1 aromatic carbocycles. The van der Waals surface area contributed by atoms with E-state index in [9.17, 15) is 14.4 Å². The van der Waals surface area contributed by atoms with E-state index in [0.717, 1.165) is 25.7 Å². The van der Waals surface area contributed by atoms with Gasteiger partial charge in [-0.05, 0) is 55.9 Å². The lowest BCUT2D eigenvalue weighted by Crippen LogP contribution is -2.37. The smallest absolute Gasteiger partial charge is 0.335 e. The Balaban J connectivity index is 1.87. The van der Waals surface area contributed by atoms with Crippen LogP contribution in [-0.4, -0.2) is 22.9 Å². The molecular weight excluding hydrogens is 282 g/mol. The second-order valence-electron chi connectivity index (χ2n) is 6.53. The Bertz CT molecular complexity index is 627. The third-order valence-corrected chi connectivity index (χ3v) is 5.00. The van der Waals surface area contributed by atoms with Crippen molar-refractivity contribution in [2.45, 2.75) is 39.0 Å². The summed E-state index contributed by atoms with van der Waals surface area (Å²) in [7, 11) is 0. The van der Waals surface area contributed by atoms with E-state index in [0.29, 0.717) is 11.6 Å². The Morgan fingerprint density at radius 3 is 2.32 bits per heavy atom. The molecule has 0 radical (unpaired) electrons. The highest BCUT2D eigenvalue weighted by atomic mass is 16.4. The Morgan fingerprint density at radius 1 is 1.18 bits per heavy atom. The fraction of sp³-hybridized carbons (Fsp3) is 0.471. The van der Waals surface area contributed by atoms with Gasteiger partial charge in [-0.1, -0.05) is 6.92 Å². The van der Waals surface area contributed by atoms with Crippen molar-refractivity contribution in [3.05, 3.63) is 29.8 Å². The van der Waals surface area contributed by atoms with Gasteiger partial charge in [-0.15, -0.1) is 0 Å². The van der Waals surface area contributed by atoms with Crippen molar-refractivity contribution in [3.63, 3.8) is 0 Å². The zero-order valence-electron chi connectivity index (χ0n) is 12.5. The molecule has 5 heteroatoms. The Morgan fingerprint density at radius 2 is 1.77 bits per heavy atom. The van der Waals surface area contributed by atoms with Gasteiger partial charge in [0, 0.05) is 6.42 Å². The standard InChI is InChI=1S/C17H19NO4/c1-11-6-8-17(9-7-11)10-14(19)18(16(17)22)13-4-2-12(3-5-13)15(20)21/h2-5,11H,6-10H2,1H3,(H,20,21). The van der Waals surface area contributed by atoms with Crippen LogP contribution in [0.4, 0.5) is 5.69 Å². The van der Waals surface area contributed by atoms with E-state index >= 15 is 0 Å². The minimum Gasteiger partial charge on any atom is -0.478 e. The molecule has 1 aliphatic heterocycles. The van der Waals surface area contributed by atoms with Gasteiger partial charge in [0.05, 0.1) is 16.7 Å². The summed E-state index contributed by atoms with van der Waals surface area (Å²) in [5.41, 5.74) is 0.0780. The molecule has 5 nitrogen and oxygen atoms in total. The maximum absolute atomic E-state index is 12.8. The Labute approximate surface area is 128 Å². The summed E-state index contributed by atoms with van der Waals surface area (Å²) in [6.07, 6.45) is 3.76. The molecule has 116 valence electrons. The Hall–Kier alpha value is -2.17. The van der Waals surface area contributed by atoms with E-state index in [1.165, 1.54) is 29.2 Å². The molecule has 1 heterocycles. The molecule has 1 saturated heterocycles. The molecule has 1 aliphatic carbocycles. The van der Waals surface area contributed by atoms with Crippen molar-refractivity contribution >= 4 is 23.5 Å². The number of amides is 2. The molecule has 0 bridgehead atoms. The first-order chi connectivity index (χ1) is 10.4. The van der Waals surface area contributed by atoms with Gasteiger partial charge in [0.25, 0.3) is 0 Å². The number of carboxylic acids is 1. The summed E-state index contributed by atoms with van der Waals surface area (Å²) >= 11 is 0. The van der Waals surface area contributed by atoms with Crippen LogP contribution in [0.25, 0.3) is 0 Å². The van der Waals surface area contributed by atoms with Crippen LogP contribution in [0, 0.1) is 11.3 Å². The quantitative estimate of drug-likeness (QED) is 0.852. The highest BCUT2D eigenvalue weighted by Crippen LogP contribution is 2.47. The molecule has 2 fully saturated rings. The van der Waals surface area contributed by atoms with Crippen LogP contribution in [0.2, 0.25) is 0 Å². The Kier molecular flexibility index (Phi) is 3.51. The molecule has 2 amide bonds. The van der Waals surface area contributed by atoms with E-state index in [-0.39, 0.29) is 23.8 Å². The summed E-state index contributed by atoms with van der Waals surface area (Å²) in [6, 6.07) is 5.91. The average Bonchev–Trinajstić information content (AvgIpc) is 2.73. The fourth-order valence-corrected chi connectivity index (χ4v) is 3.51. The third kappa shape index (κ3) is 2.30. The highest BCUT2D eigenvalue weighted by molar-refractivity contribution is 6.22. The van der Waals surface area contributed by atoms with Crippen molar-refractivity contribution < 1.29 is 19.5 Å². The van der Waals surface area contributed by atoms with E-state index in [1.54, 1.807) is 0 Å². The van der Waals surface area contributed by atoms with Gasteiger partial charge in [0.2, 0.25) is 11.8 Å². The minimum atomic E-state index is -1.02. The maximum Gasteiger partial charge on any atom is 0.335 e. The van der Waals surface area contributed by atoms with Crippen molar-refractivity contribution in [1.29, 1.82) is 0 Å². The fourth-order valence-electron chi connectivity index (χ4n) is 3.51. The van der Waals surface area contributed by atoms with E-state index in [2.05, 4.69) is 6.92 Å². The van der Waals surface area contributed by atoms with Gasteiger partial charge in [-0.25, -0.2) is 4.79 Å². The number of carbonyl (C=O) groups excluding carboxylic acids is 2.